The van der Waals surface area contributed by atoms with Crippen LogP contribution in [-0.2, 0) is 20.8 Å². The molecule has 0 saturated carbocycles. The zero-order chi connectivity index (χ0) is 17.2. The molecule has 0 spiro atoms. The molecule has 0 bridgehead atoms. The van der Waals surface area contributed by atoms with E-state index in [1.54, 1.807) is 6.20 Å². The highest BCUT2D eigenvalue weighted by atomic mass is 79.9. The molecule has 7 heteroatoms. The molecule has 0 saturated heterocycles. The van der Waals surface area contributed by atoms with Gasteiger partial charge in [0.25, 0.3) is 0 Å². The average molecular weight is 401 g/mol. The maximum absolute atomic E-state index is 13.7. The van der Waals surface area contributed by atoms with Crippen LogP contribution in [0.4, 0.5) is 4.39 Å². The van der Waals surface area contributed by atoms with Crippen LogP contribution >= 0.6 is 15.9 Å². The van der Waals surface area contributed by atoms with E-state index in [-0.39, 0.29) is 12.7 Å². The van der Waals surface area contributed by atoms with E-state index in [9.17, 15) is 4.39 Å². The van der Waals surface area contributed by atoms with Gasteiger partial charge < -0.3 is 14.2 Å². The van der Waals surface area contributed by atoms with E-state index in [1.807, 2.05) is 37.3 Å². The van der Waals surface area contributed by atoms with Gasteiger partial charge in [-0.15, -0.1) is 0 Å². The first-order valence-corrected chi connectivity index (χ1v) is 8.59. The second kappa shape index (κ2) is 10.6. The van der Waals surface area contributed by atoms with Gasteiger partial charge in [-0.05, 0) is 28.4 Å². The lowest BCUT2D eigenvalue weighted by Gasteiger charge is -2.14. The van der Waals surface area contributed by atoms with E-state index in [2.05, 4.69) is 21.0 Å². The molecular weight excluding hydrogens is 379 g/mol. The summed E-state index contributed by atoms with van der Waals surface area (Å²) in [7, 11) is 0. The van der Waals surface area contributed by atoms with Crippen LogP contribution in [-0.4, -0.2) is 42.3 Å². The van der Waals surface area contributed by atoms with Crippen LogP contribution in [0.15, 0.2) is 47.2 Å². The normalized spacial score (nSPS) is 13.8. The van der Waals surface area contributed by atoms with Crippen LogP contribution in [0.2, 0.25) is 0 Å². The molecular formula is C17H22BrFN2O3. The number of alkyl halides is 1. The topological polar surface area (TPSA) is 45.5 Å². The second-order valence-electron chi connectivity index (χ2n) is 5.33. The summed E-state index contributed by atoms with van der Waals surface area (Å²) in [6, 6.07) is 9.98. The Morgan fingerprint density at radius 1 is 1.17 bits per heavy atom. The number of aromatic nitrogens is 2. The molecule has 5 nitrogen and oxygen atoms in total. The standard InChI is InChI=1S/C17H22BrFN2O3/c1-14(24-12-15-5-3-2-4-6-15)11-22-7-8-23-13-17(19)21-10-16(18)9-20-21/h2-6,9-10,14,17H,7-8,11-13H2,1H3. The van der Waals surface area contributed by atoms with Gasteiger partial charge in [-0.2, -0.15) is 5.10 Å². The van der Waals surface area contributed by atoms with E-state index in [1.165, 1.54) is 10.9 Å². The fourth-order valence-electron chi connectivity index (χ4n) is 1.95. The Morgan fingerprint density at radius 2 is 1.88 bits per heavy atom. The fourth-order valence-corrected chi connectivity index (χ4v) is 2.25. The summed E-state index contributed by atoms with van der Waals surface area (Å²) in [5.41, 5.74) is 1.13. The molecule has 24 heavy (non-hydrogen) atoms. The fraction of sp³-hybridized carbons (Fsp3) is 0.471. The molecule has 0 aliphatic carbocycles. The van der Waals surface area contributed by atoms with Gasteiger partial charge in [0.2, 0.25) is 6.30 Å². The number of rotatable bonds is 11. The smallest absolute Gasteiger partial charge is 0.214 e. The van der Waals surface area contributed by atoms with E-state index in [4.69, 9.17) is 14.2 Å². The maximum Gasteiger partial charge on any atom is 0.214 e. The number of hydrogen-bond acceptors (Lipinski definition) is 4. The lowest BCUT2D eigenvalue weighted by Crippen LogP contribution is -2.19. The predicted molar refractivity (Wildman–Crippen MR) is 92.4 cm³/mol. The van der Waals surface area contributed by atoms with Crippen molar-refractivity contribution >= 4 is 15.9 Å². The monoisotopic (exact) mass is 400 g/mol. The molecule has 1 heterocycles. The Balaban J connectivity index is 1.48. The van der Waals surface area contributed by atoms with Crippen LogP contribution in [0.25, 0.3) is 0 Å². The Bertz CT molecular complexity index is 582. The van der Waals surface area contributed by atoms with E-state index < -0.39 is 6.30 Å². The van der Waals surface area contributed by atoms with Crippen LogP contribution < -0.4 is 0 Å². The SMILES string of the molecule is CC(COCCOCC(F)n1cc(Br)cn1)OCc1ccccc1. The summed E-state index contributed by atoms with van der Waals surface area (Å²) in [6.45, 7) is 3.66. The van der Waals surface area contributed by atoms with Gasteiger partial charge in [0.1, 0.15) is 0 Å². The van der Waals surface area contributed by atoms with Gasteiger partial charge in [0, 0.05) is 6.20 Å². The third kappa shape index (κ3) is 7.09. The number of halogens is 2. The molecule has 2 atom stereocenters. The van der Waals surface area contributed by atoms with Gasteiger partial charge in [-0.1, -0.05) is 30.3 Å². The van der Waals surface area contributed by atoms with E-state index in [0.29, 0.717) is 26.4 Å². The van der Waals surface area contributed by atoms with Crippen molar-refractivity contribution in [2.24, 2.45) is 0 Å². The van der Waals surface area contributed by atoms with Crippen molar-refractivity contribution in [3.05, 3.63) is 52.8 Å². The summed E-state index contributed by atoms with van der Waals surface area (Å²) in [5.74, 6) is 0. The number of hydrogen-bond donors (Lipinski definition) is 0. The third-order valence-corrected chi connectivity index (χ3v) is 3.62. The van der Waals surface area contributed by atoms with Crippen molar-refractivity contribution in [2.45, 2.75) is 25.9 Å². The summed E-state index contributed by atoms with van der Waals surface area (Å²) in [6.07, 6.45) is 1.79. The number of nitrogens with zero attached hydrogens (tertiary/aromatic N) is 2. The zero-order valence-corrected chi connectivity index (χ0v) is 15.2. The lowest BCUT2D eigenvalue weighted by atomic mass is 10.2. The number of benzene rings is 1. The first kappa shape index (κ1) is 19.1. The molecule has 132 valence electrons. The molecule has 0 aliphatic heterocycles. The maximum atomic E-state index is 13.7. The highest BCUT2D eigenvalue weighted by molar-refractivity contribution is 9.10. The summed E-state index contributed by atoms with van der Waals surface area (Å²) in [4.78, 5) is 0. The lowest BCUT2D eigenvalue weighted by molar-refractivity contribution is -0.0379. The van der Waals surface area contributed by atoms with Gasteiger partial charge in [0.15, 0.2) is 0 Å². The molecule has 1 aromatic heterocycles. The van der Waals surface area contributed by atoms with Crippen molar-refractivity contribution < 1.29 is 18.6 Å². The Labute approximate surface area is 149 Å². The Morgan fingerprint density at radius 3 is 2.54 bits per heavy atom. The van der Waals surface area contributed by atoms with Crippen molar-refractivity contribution in [1.29, 1.82) is 0 Å². The molecule has 0 amide bonds. The minimum atomic E-state index is -1.30. The molecule has 2 aromatic rings. The summed E-state index contributed by atoms with van der Waals surface area (Å²) >= 11 is 3.22. The van der Waals surface area contributed by atoms with E-state index >= 15 is 0 Å². The molecule has 2 unspecified atom stereocenters. The van der Waals surface area contributed by atoms with Crippen LogP contribution in [0.3, 0.4) is 0 Å². The quantitative estimate of drug-likeness (QED) is 0.538. The molecule has 0 fully saturated rings. The van der Waals surface area contributed by atoms with Crippen molar-refractivity contribution in [1.82, 2.24) is 9.78 Å². The summed E-state index contributed by atoms with van der Waals surface area (Å²) in [5, 5.41) is 3.87. The van der Waals surface area contributed by atoms with Gasteiger partial charge >= 0.3 is 0 Å². The second-order valence-corrected chi connectivity index (χ2v) is 6.25. The first-order valence-electron chi connectivity index (χ1n) is 7.80. The van der Waals surface area contributed by atoms with Crippen LogP contribution in [0.5, 0.6) is 0 Å². The Hall–Kier alpha value is -1.28. The molecule has 0 N–H and O–H groups in total. The highest BCUT2D eigenvalue weighted by Gasteiger charge is 2.10. The average Bonchev–Trinajstić information content (AvgIpc) is 3.03. The number of ether oxygens (including phenoxy) is 3. The third-order valence-electron chi connectivity index (χ3n) is 3.21. The van der Waals surface area contributed by atoms with E-state index in [0.717, 1.165) is 10.0 Å². The molecule has 0 radical (unpaired) electrons. The van der Waals surface area contributed by atoms with Crippen LogP contribution in [0, 0.1) is 0 Å². The van der Waals surface area contributed by atoms with Crippen molar-refractivity contribution in [2.75, 3.05) is 26.4 Å². The highest BCUT2D eigenvalue weighted by Crippen LogP contribution is 2.13. The van der Waals surface area contributed by atoms with Gasteiger partial charge in [-0.25, -0.2) is 9.07 Å². The van der Waals surface area contributed by atoms with Gasteiger partial charge in [-0.3, -0.25) is 0 Å². The molecule has 0 aliphatic rings. The first-order chi connectivity index (χ1) is 11.6. The Kier molecular flexibility index (Phi) is 8.38. The summed E-state index contributed by atoms with van der Waals surface area (Å²) < 4.78 is 32.1. The minimum absolute atomic E-state index is 0.0134. The van der Waals surface area contributed by atoms with Crippen molar-refractivity contribution in [3.8, 4) is 0 Å². The molecule has 1 aromatic carbocycles. The predicted octanol–water partition coefficient (Wildman–Crippen LogP) is 3.75. The zero-order valence-electron chi connectivity index (χ0n) is 13.6. The molecule has 2 rings (SSSR count). The largest absolute Gasteiger partial charge is 0.376 e. The van der Waals surface area contributed by atoms with Crippen LogP contribution in [0.1, 0.15) is 18.8 Å². The van der Waals surface area contributed by atoms with Crippen molar-refractivity contribution in [3.63, 3.8) is 0 Å². The van der Waals surface area contributed by atoms with Gasteiger partial charge in [0.05, 0.1) is 49.8 Å². The minimum Gasteiger partial charge on any atom is -0.376 e.